The molecule has 0 amide bonds. The normalized spacial score (nSPS) is 15.6. The Labute approximate surface area is 150 Å². The summed E-state index contributed by atoms with van der Waals surface area (Å²) in [6, 6.07) is 15.7. The fourth-order valence-electron chi connectivity index (χ4n) is 3.45. The minimum Gasteiger partial charge on any atom is -0.360 e. The molecule has 0 bridgehead atoms. The molecule has 128 valence electrons. The molecule has 1 aromatic heterocycles. The van der Waals surface area contributed by atoms with E-state index in [0.29, 0.717) is 5.39 Å². The highest BCUT2D eigenvalue weighted by atomic mass is 35.5. The lowest BCUT2D eigenvalue weighted by Crippen LogP contribution is -3.13. The minimum atomic E-state index is -0.123. The Balaban J connectivity index is 1.46. The number of halogens is 1. The van der Waals surface area contributed by atoms with Crippen molar-refractivity contribution in [1.29, 1.82) is 0 Å². The summed E-state index contributed by atoms with van der Waals surface area (Å²) in [6.45, 7) is 4.90. The number of benzene rings is 2. The highest BCUT2D eigenvalue weighted by Crippen LogP contribution is 2.18. The second-order valence-corrected chi connectivity index (χ2v) is 6.87. The van der Waals surface area contributed by atoms with Gasteiger partial charge in [0.2, 0.25) is 0 Å². The van der Waals surface area contributed by atoms with E-state index in [1.54, 1.807) is 0 Å². The Hall–Kier alpha value is -2.37. The summed E-state index contributed by atoms with van der Waals surface area (Å²) >= 11 is 5.97. The molecular weight excluding hydrogens is 336 g/mol. The van der Waals surface area contributed by atoms with E-state index in [-0.39, 0.29) is 5.56 Å². The Morgan fingerprint density at radius 1 is 1.04 bits per heavy atom. The van der Waals surface area contributed by atoms with Crippen molar-refractivity contribution in [3.8, 4) is 0 Å². The standard InChI is InChI=1S/C19H19ClN4O/c20-14-5-7-15(8-6-14)24-11-9-23(10-12-24)13-18-16-3-1-2-4-17(16)19(25)22-21-18/h1-8H,9-13H2,(H,22,25)/p+1. The molecule has 0 radical (unpaired) electrons. The van der Waals surface area contributed by atoms with Crippen LogP contribution in [0.3, 0.4) is 0 Å². The van der Waals surface area contributed by atoms with Gasteiger partial charge in [0.1, 0.15) is 12.2 Å². The summed E-state index contributed by atoms with van der Waals surface area (Å²) in [7, 11) is 0. The maximum absolute atomic E-state index is 11.9. The Morgan fingerprint density at radius 3 is 2.44 bits per heavy atom. The van der Waals surface area contributed by atoms with Crippen molar-refractivity contribution in [3.63, 3.8) is 0 Å². The number of aromatic amines is 1. The topological polar surface area (TPSA) is 53.4 Å². The van der Waals surface area contributed by atoms with Crippen molar-refractivity contribution in [2.75, 3.05) is 31.1 Å². The predicted molar refractivity (Wildman–Crippen MR) is 100 cm³/mol. The van der Waals surface area contributed by atoms with Gasteiger partial charge in [-0.05, 0) is 30.3 Å². The van der Waals surface area contributed by atoms with E-state index in [9.17, 15) is 4.79 Å². The fraction of sp³-hybridized carbons (Fsp3) is 0.263. The number of aromatic nitrogens is 2. The molecule has 0 unspecified atom stereocenters. The number of quaternary nitrogens is 1. The molecule has 4 rings (SSSR count). The second kappa shape index (κ2) is 6.86. The SMILES string of the molecule is O=c1[nH]nc(C[NH+]2CCN(c3ccc(Cl)cc3)CC2)c2ccccc12. The molecule has 5 nitrogen and oxygen atoms in total. The molecule has 0 spiro atoms. The molecule has 1 fully saturated rings. The molecule has 2 heterocycles. The zero-order valence-corrected chi connectivity index (χ0v) is 14.6. The van der Waals surface area contributed by atoms with Crippen molar-refractivity contribution in [2.45, 2.75) is 6.54 Å². The zero-order valence-electron chi connectivity index (χ0n) is 13.8. The van der Waals surface area contributed by atoms with Gasteiger partial charge in [0, 0.05) is 16.1 Å². The number of nitrogens with one attached hydrogen (secondary N) is 2. The highest BCUT2D eigenvalue weighted by molar-refractivity contribution is 6.30. The number of nitrogens with zero attached hydrogens (tertiary/aromatic N) is 2. The molecule has 25 heavy (non-hydrogen) atoms. The van der Waals surface area contributed by atoms with E-state index >= 15 is 0 Å². The van der Waals surface area contributed by atoms with E-state index in [2.05, 4.69) is 27.2 Å². The number of piperazine rings is 1. The van der Waals surface area contributed by atoms with Gasteiger partial charge in [-0.15, -0.1) is 0 Å². The third-order valence-electron chi connectivity index (χ3n) is 4.85. The number of hydrogen-bond donors (Lipinski definition) is 2. The van der Waals surface area contributed by atoms with Crippen LogP contribution in [0.15, 0.2) is 53.3 Å². The molecule has 2 N–H and O–H groups in total. The van der Waals surface area contributed by atoms with Crippen LogP contribution in [0.2, 0.25) is 5.02 Å². The zero-order chi connectivity index (χ0) is 17.2. The molecule has 1 aliphatic rings. The molecule has 0 atom stereocenters. The van der Waals surface area contributed by atoms with Crippen LogP contribution in [0.4, 0.5) is 5.69 Å². The van der Waals surface area contributed by atoms with Gasteiger partial charge in [0.05, 0.1) is 31.6 Å². The van der Waals surface area contributed by atoms with Crippen LogP contribution in [-0.4, -0.2) is 36.4 Å². The lowest BCUT2D eigenvalue weighted by Gasteiger charge is -2.33. The maximum Gasteiger partial charge on any atom is 0.272 e. The average molecular weight is 356 g/mol. The smallest absolute Gasteiger partial charge is 0.272 e. The summed E-state index contributed by atoms with van der Waals surface area (Å²) < 4.78 is 0. The third kappa shape index (κ3) is 3.38. The highest BCUT2D eigenvalue weighted by Gasteiger charge is 2.21. The van der Waals surface area contributed by atoms with E-state index in [1.165, 1.54) is 10.6 Å². The number of rotatable bonds is 3. The lowest BCUT2D eigenvalue weighted by molar-refractivity contribution is -0.914. The molecule has 0 saturated carbocycles. The summed E-state index contributed by atoms with van der Waals surface area (Å²) in [5.41, 5.74) is 2.06. The second-order valence-electron chi connectivity index (χ2n) is 6.44. The van der Waals surface area contributed by atoms with Crippen molar-refractivity contribution in [2.24, 2.45) is 0 Å². The van der Waals surface area contributed by atoms with E-state index in [1.807, 2.05) is 36.4 Å². The Kier molecular flexibility index (Phi) is 4.42. The van der Waals surface area contributed by atoms with Gasteiger partial charge >= 0.3 is 0 Å². The van der Waals surface area contributed by atoms with Crippen molar-refractivity contribution in [3.05, 3.63) is 69.6 Å². The van der Waals surface area contributed by atoms with Gasteiger partial charge in [-0.3, -0.25) is 4.79 Å². The van der Waals surface area contributed by atoms with Crippen molar-refractivity contribution >= 4 is 28.1 Å². The quantitative estimate of drug-likeness (QED) is 0.748. The monoisotopic (exact) mass is 355 g/mol. The van der Waals surface area contributed by atoms with E-state index < -0.39 is 0 Å². The van der Waals surface area contributed by atoms with Crippen LogP contribution in [0, 0.1) is 0 Å². The summed E-state index contributed by atoms with van der Waals surface area (Å²) in [5.74, 6) is 0. The van der Waals surface area contributed by atoms with Gasteiger partial charge in [0.15, 0.2) is 0 Å². The summed E-state index contributed by atoms with van der Waals surface area (Å²) in [4.78, 5) is 15.8. The Bertz CT molecular complexity index is 930. The van der Waals surface area contributed by atoms with E-state index in [4.69, 9.17) is 11.6 Å². The van der Waals surface area contributed by atoms with E-state index in [0.717, 1.165) is 48.8 Å². The van der Waals surface area contributed by atoms with Gasteiger partial charge in [0.25, 0.3) is 5.56 Å². The summed E-state index contributed by atoms with van der Waals surface area (Å²) in [5, 5.41) is 9.37. The Morgan fingerprint density at radius 2 is 1.72 bits per heavy atom. The largest absolute Gasteiger partial charge is 0.360 e. The van der Waals surface area contributed by atoms with Gasteiger partial charge < -0.3 is 9.80 Å². The molecule has 1 aliphatic heterocycles. The van der Waals surface area contributed by atoms with Crippen molar-refractivity contribution < 1.29 is 4.90 Å². The number of anilines is 1. The van der Waals surface area contributed by atoms with Crippen LogP contribution >= 0.6 is 11.6 Å². The van der Waals surface area contributed by atoms with Crippen LogP contribution in [0.1, 0.15) is 5.69 Å². The number of H-pyrrole nitrogens is 1. The first-order valence-corrected chi connectivity index (χ1v) is 8.89. The molecule has 2 aromatic carbocycles. The molecule has 0 aliphatic carbocycles. The number of hydrogen-bond acceptors (Lipinski definition) is 3. The van der Waals surface area contributed by atoms with Crippen LogP contribution in [0.25, 0.3) is 10.8 Å². The van der Waals surface area contributed by atoms with Gasteiger partial charge in [-0.1, -0.05) is 29.8 Å². The first kappa shape index (κ1) is 16.1. The molecule has 3 aromatic rings. The predicted octanol–water partition coefficient (Wildman–Crippen LogP) is 1.48. The number of fused-ring (bicyclic) bond motifs is 1. The van der Waals surface area contributed by atoms with Crippen LogP contribution in [0.5, 0.6) is 0 Å². The van der Waals surface area contributed by atoms with Crippen molar-refractivity contribution in [1.82, 2.24) is 10.2 Å². The third-order valence-corrected chi connectivity index (χ3v) is 5.11. The molecule has 1 saturated heterocycles. The first-order valence-electron chi connectivity index (χ1n) is 8.51. The summed E-state index contributed by atoms with van der Waals surface area (Å²) in [6.07, 6.45) is 0. The van der Waals surface area contributed by atoms with Crippen LogP contribution < -0.4 is 15.4 Å². The average Bonchev–Trinajstić information content (AvgIpc) is 2.66. The first-order chi connectivity index (χ1) is 12.2. The maximum atomic E-state index is 11.9. The van der Waals surface area contributed by atoms with Gasteiger partial charge in [-0.2, -0.15) is 5.10 Å². The van der Waals surface area contributed by atoms with Crippen LogP contribution in [-0.2, 0) is 6.54 Å². The minimum absolute atomic E-state index is 0.123. The molecule has 6 heteroatoms. The van der Waals surface area contributed by atoms with Gasteiger partial charge in [-0.25, -0.2) is 5.10 Å². The molecular formula is C19H20ClN4O+. The lowest BCUT2D eigenvalue weighted by atomic mass is 10.1. The fourth-order valence-corrected chi connectivity index (χ4v) is 3.58.